The molecule has 3 N–H and O–H groups in total. The summed E-state index contributed by atoms with van der Waals surface area (Å²) in [4.78, 5) is 14.3. The largest absolute Gasteiger partial charge is 0.447 e. The minimum atomic E-state index is -3.14. The lowest BCUT2D eigenvalue weighted by molar-refractivity contribution is 0.130. The predicted octanol–water partition coefficient (Wildman–Crippen LogP) is 5.19. The molecule has 2 aliphatic carbocycles. The van der Waals surface area contributed by atoms with Gasteiger partial charge in [-0.3, -0.25) is 5.32 Å². The maximum atomic E-state index is 12.7. The third-order valence-electron chi connectivity index (χ3n) is 8.12. The van der Waals surface area contributed by atoms with Gasteiger partial charge < -0.3 is 19.9 Å². The summed E-state index contributed by atoms with van der Waals surface area (Å²) in [5.41, 5.74) is 12.4. The van der Waals surface area contributed by atoms with Crippen LogP contribution in [0.1, 0.15) is 52.0 Å². The average molecular weight is 552 g/mol. The van der Waals surface area contributed by atoms with Gasteiger partial charge in [0.2, 0.25) is 10.0 Å². The highest BCUT2D eigenvalue weighted by Crippen LogP contribution is 2.45. The molecule has 2 aromatic carbocycles. The van der Waals surface area contributed by atoms with Crippen molar-refractivity contribution in [2.75, 3.05) is 42.1 Å². The topological polar surface area (TPSA) is 110 Å². The first-order valence-electron chi connectivity index (χ1n) is 14.0. The molecule has 1 amide bonds. The van der Waals surface area contributed by atoms with Gasteiger partial charge in [-0.15, -0.1) is 0 Å². The number of nitrogens with zero attached hydrogens (tertiary/aromatic N) is 3. The molecule has 0 unspecified atom stereocenters. The summed E-state index contributed by atoms with van der Waals surface area (Å²) in [7, 11) is -3.14. The number of benzene rings is 2. The van der Waals surface area contributed by atoms with Crippen LogP contribution in [-0.4, -0.2) is 60.9 Å². The first-order chi connectivity index (χ1) is 18.7. The number of fused-ring (bicyclic) bond motifs is 1. The Hall–Kier alpha value is -3.24. The Kier molecular flexibility index (Phi) is 6.71. The molecule has 3 fully saturated rings. The SMILES string of the molecule is CC(C)OC(=O)Nc1ccc(-c2c(N)c3ccc(N4CCN(S(=O)(=O)C5CC5)CC4)cc3n2C2CCC2)cc1. The number of sulfonamides is 1. The van der Waals surface area contributed by atoms with Crippen molar-refractivity contribution in [2.24, 2.45) is 0 Å². The maximum Gasteiger partial charge on any atom is 0.411 e. The number of nitrogens with one attached hydrogen (secondary N) is 1. The number of nitrogens with two attached hydrogens (primary N) is 1. The van der Waals surface area contributed by atoms with Gasteiger partial charge in [0.25, 0.3) is 0 Å². The van der Waals surface area contributed by atoms with Gasteiger partial charge in [0.1, 0.15) is 0 Å². The fourth-order valence-corrected chi connectivity index (χ4v) is 7.52. The number of nitrogen functional groups attached to an aromatic ring is 1. The summed E-state index contributed by atoms with van der Waals surface area (Å²) < 4.78 is 34.6. The molecule has 3 aromatic rings. The molecule has 10 heteroatoms. The molecular weight excluding hydrogens is 514 g/mol. The third-order valence-corrected chi connectivity index (χ3v) is 10.5. The van der Waals surface area contributed by atoms with Crippen molar-refractivity contribution in [3.63, 3.8) is 0 Å². The summed E-state index contributed by atoms with van der Waals surface area (Å²) in [6.45, 7) is 6.04. The number of hydrogen-bond acceptors (Lipinski definition) is 6. The van der Waals surface area contributed by atoms with Crippen LogP contribution in [0, 0.1) is 0 Å². The lowest BCUT2D eigenvalue weighted by Gasteiger charge is -2.35. The van der Waals surface area contributed by atoms with Crippen LogP contribution in [0.4, 0.5) is 21.9 Å². The second-order valence-corrected chi connectivity index (χ2v) is 13.4. The van der Waals surface area contributed by atoms with Crippen LogP contribution in [0.3, 0.4) is 0 Å². The zero-order valence-corrected chi connectivity index (χ0v) is 23.4. The highest BCUT2D eigenvalue weighted by molar-refractivity contribution is 7.90. The van der Waals surface area contributed by atoms with Crippen molar-refractivity contribution in [1.82, 2.24) is 8.87 Å². The Labute approximate surface area is 229 Å². The van der Waals surface area contributed by atoms with Crippen molar-refractivity contribution in [3.05, 3.63) is 42.5 Å². The fourth-order valence-electron chi connectivity index (χ4n) is 5.69. The molecule has 39 heavy (non-hydrogen) atoms. The second-order valence-electron chi connectivity index (χ2n) is 11.2. The first-order valence-corrected chi connectivity index (χ1v) is 15.5. The molecule has 208 valence electrons. The molecule has 9 nitrogen and oxygen atoms in total. The van der Waals surface area contributed by atoms with Gasteiger partial charge in [-0.1, -0.05) is 12.1 Å². The monoisotopic (exact) mass is 551 g/mol. The molecule has 6 rings (SSSR count). The van der Waals surface area contributed by atoms with Crippen LogP contribution >= 0.6 is 0 Å². The van der Waals surface area contributed by atoms with E-state index < -0.39 is 16.1 Å². The van der Waals surface area contributed by atoms with Crippen LogP contribution < -0.4 is 16.0 Å². The number of carbonyl (C=O) groups excluding carboxylic acids is 1. The van der Waals surface area contributed by atoms with Gasteiger partial charge in [-0.2, -0.15) is 4.31 Å². The number of rotatable bonds is 7. The van der Waals surface area contributed by atoms with Gasteiger partial charge in [-0.25, -0.2) is 13.2 Å². The van der Waals surface area contributed by atoms with Crippen LogP contribution in [0.5, 0.6) is 0 Å². The molecule has 2 saturated carbocycles. The highest BCUT2D eigenvalue weighted by atomic mass is 32.2. The first kappa shape index (κ1) is 26.0. The second kappa shape index (κ2) is 10.1. The van der Waals surface area contributed by atoms with E-state index in [0.717, 1.165) is 59.2 Å². The molecule has 0 spiro atoms. The molecule has 1 saturated heterocycles. The minimum Gasteiger partial charge on any atom is -0.447 e. The number of amides is 1. The standard InChI is InChI=1S/C29H37N5O4S/c1-19(2)38-29(35)31-21-8-6-20(7-9-21)28-27(30)25-13-10-23(18-26(25)34(28)22-4-3-5-22)32-14-16-33(17-15-32)39(36,37)24-11-12-24/h6-10,13,18-19,22,24H,3-5,11-12,14-17,30H2,1-2H3,(H,31,35). The number of hydrogen-bond donors (Lipinski definition) is 2. The van der Waals surface area contributed by atoms with Gasteiger partial charge in [0, 0.05) is 54.5 Å². The zero-order valence-electron chi connectivity index (χ0n) is 22.6. The predicted molar refractivity (Wildman–Crippen MR) is 156 cm³/mol. The van der Waals surface area contributed by atoms with E-state index in [2.05, 4.69) is 33.0 Å². The van der Waals surface area contributed by atoms with E-state index in [4.69, 9.17) is 10.5 Å². The van der Waals surface area contributed by atoms with Crippen LogP contribution in [0.2, 0.25) is 0 Å². The summed E-state index contributed by atoms with van der Waals surface area (Å²) >= 11 is 0. The average Bonchev–Trinajstić information content (AvgIpc) is 3.70. The van der Waals surface area contributed by atoms with Crippen molar-refractivity contribution < 1.29 is 17.9 Å². The van der Waals surface area contributed by atoms with E-state index in [-0.39, 0.29) is 11.4 Å². The van der Waals surface area contributed by atoms with E-state index in [1.165, 1.54) is 6.42 Å². The Balaban J connectivity index is 1.28. The molecule has 0 radical (unpaired) electrons. The molecule has 0 atom stereocenters. The number of carbonyl (C=O) groups is 1. The van der Waals surface area contributed by atoms with Gasteiger partial charge in [0.15, 0.2) is 0 Å². The fraction of sp³-hybridized carbons (Fsp3) is 0.483. The van der Waals surface area contributed by atoms with E-state index in [1.807, 2.05) is 38.1 Å². The van der Waals surface area contributed by atoms with Crippen molar-refractivity contribution in [2.45, 2.75) is 63.3 Å². The van der Waals surface area contributed by atoms with E-state index in [9.17, 15) is 13.2 Å². The summed E-state index contributed by atoms with van der Waals surface area (Å²) in [6.07, 6.45) is 4.35. The van der Waals surface area contributed by atoms with E-state index in [1.54, 1.807) is 4.31 Å². The van der Waals surface area contributed by atoms with E-state index >= 15 is 0 Å². The minimum absolute atomic E-state index is 0.161. The Morgan fingerprint density at radius 3 is 2.28 bits per heavy atom. The Morgan fingerprint density at radius 2 is 1.69 bits per heavy atom. The van der Waals surface area contributed by atoms with Gasteiger partial charge in [0.05, 0.1) is 28.3 Å². The highest BCUT2D eigenvalue weighted by Gasteiger charge is 2.41. The molecular formula is C29H37N5O4S. The maximum absolute atomic E-state index is 12.7. The summed E-state index contributed by atoms with van der Waals surface area (Å²) in [5.74, 6) is 0. The van der Waals surface area contributed by atoms with Crippen LogP contribution in [0.15, 0.2) is 42.5 Å². The number of ether oxygens (including phenoxy) is 1. The Morgan fingerprint density at radius 1 is 1.00 bits per heavy atom. The third kappa shape index (κ3) is 4.96. The number of aromatic nitrogens is 1. The normalized spacial score (nSPS) is 18.9. The van der Waals surface area contributed by atoms with Crippen LogP contribution in [0.25, 0.3) is 22.2 Å². The number of anilines is 3. The van der Waals surface area contributed by atoms with Crippen molar-refractivity contribution in [3.8, 4) is 11.3 Å². The van der Waals surface area contributed by atoms with Crippen molar-refractivity contribution >= 4 is 44.1 Å². The number of piperazine rings is 1. The zero-order chi connectivity index (χ0) is 27.3. The molecule has 3 aliphatic rings. The molecule has 1 aliphatic heterocycles. The van der Waals surface area contributed by atoms with Crippen molar-refractivity contribution in [1.29, 1.82) is 0 Å². The lowest BCUT2D eigenvalue weighted by atomic mass is 9.92. The lowest BCUT2D eigenvalue weighted by Crippen LogP contribution is -2.49. The molecule has 2 heterocycles. The van der Waals surface area contributed by atoms with Gasteiger partial charge in [-0.05, 0) is 76.3 Å². The molecule has 0 bridgehead atoms. The van der Waals surface area contributed by atoms with Gasteiger partial charge >= 0.3 is 6.09 Å². The smallest absolute Gasteiger partial charge is 0.411 e. The summed E-state index contributed by atoms with van der Waals surface area (Å²) in [5, 5.41) is 3.64. The Bertz CT molecular complexity index is 1480. The quantitative estimate of drug-likeness (QED) is 0.418. The van der Waals surface area contributed by atoms with Crippen LogP contribution in [-0.2, 0) is 14.8 Å². The summed E-state index contributed by atoms with van der Waals surface area (Å²) in [6, 6.07) is 14.5. The van der Waals surface area contributed by atoms with E-state index in [0.29, 0.717) is 37.9 Å². The molecule has 1 aromatic heterocycles.